The minimum Gasteiger partial charge on any atom is -0.478 e. The van der Waals surface area contributed by atoms with Gasteiger partial charge in [0.15, 0.2) is 0 Å². The van der Waals surface area contributed by atoms with Crippen LogP contribution in [-0.4, -0.2) is 40.0 Å². The van der Waals surface area contributed by atoms with Gasteiger partial charge in [0.05, 0.1) is 11.1 Å². The van der Waals surface area contributed by atoms with E-state index in [-0.39, 0.29) is 11.5 Å². The molecule has 2 aromatic carbocycles. The molecule has 1 aliphatic heterocycles. The number of hydrogen-bond donors (Lipinski definition) is 1. The first-order chi connectivity index (χ1) is 17.5. The molecular formula is C30H35N3O3. The van der Waals surface area contributed by atoms with Crippen molar-refractivity contribution in [3.05, 3.63) is 94.8 Å². The van der Waals surface area contributed by atoms with Gasteiger partial charge in [0.1, 0.15) is 0 Å². The first kappa shape index (κ1) is 25.6. The number of carboxylic acids is 1. The van der Waals surface area contributed by atoms with Gasteiger partial charge in [-0.2, -0.15) is 0 Å². The van der Waals surface area contributed by atoms with Gasteiger partial charge in [0.2, 0.25) is 0 Å². The molecule has 0 saturated heterocycles. The van der Waals surface area contributed by atoms with Crippen LogP contribution in [-0.2, 0) is 19.5 Å². The first-order valence-electron chi connectivity index (χ1n) is 12.9. The van der Waals surface area contributed by atoms with E-state index >= 15 is 0 Å². The predicted molar refractivity (Wildman–Crippen MR) is 142 cm³/mol. The summed E-state index contributed by atoms with van der Waals surface area (Å²) in [7, 11) is 0. The smallest absolute Gasteiger partial charge is 0.335 e. The number of amides is 1. The van der Waals surface area contributed by atoms with E-state index in [1.54, 1.807) is 42.7 Å². The maximum atomic E-state index is 13.6. The van der Waals surface area contributed by atoms with Crippen molar-refractivity contribution in [2.75, 3.05) is 18.0 Å². The predicted octanol–water partition coefficient (Wildman–Crippen LogP) is 5.96. The highest BCUT2D eigenvalue weighted by molar-refractivity contribution is 6.06. The number of hydrogen-bond acceptors (Lipinski definition) is 4. The lowest BCUT2D eigenvalue weighted by Gasteiger charge is -2.30. The Hall–Kier alpha value is -3.51. The van der Waals surface area contributed by atoms with Crippen molar-refractivity contribution in [1.29, 1.82) is 0 Å². The van der Waals surface area contributed by atoms with E-state index in [2.05, 4.69) is 41.1 Å². The average molecular weight is 486 g/mol. The number of aromatic carboxylic acids is 1. The Morgan fingerprint density at radius 1 is 0.889 bits per heavy atom. The lowest BCUT2D eigenvalue weighted by atomic mass is 10.0. The number of carbonyl (C=O) groups excluding carboxylic acids is 1. The van der Waals surface area contributed by atoms with Crippen LogP contribution in [0.15, 0.2) is 67.0 Å². The lowest BCUT2D eigenvalue weighted by molar-refractivity contribution is 0.0696. The summed E-state index contributed by atoms with van der Waals surface area (Å²) in [4.78, 5) is 33.7. The molecule has 0 saturated carbocycles. The molecular weight excluding hydrogens is 450 g/mol. The molecule has 3 aromatic rings. The number of carboxylic acid groups (broad SMARTS) is 1. The number of rotatable bonds is 5. The number of benzene rings is 2. The van der Waals surface area contributed by atoms with Gasteiger partial charge in [-0.3, -0.25) is 14.7 Å². The minimum absolute atomic E-state index is 0.105. The molecule has 36 heavy (non-hydrogen) atoms. The Balaban J connectivity index is 1.71. The zero-order valence-corrected chi connectivity index (χ0v) is 21.0. The number of anilines is 1. The Labute approximate surface area is 213 Å². The van der Waals surface area contributed by atoms with Gasteiger partial charge in [-0.15, -0.1) is 0 Å². The molecule has 4 rings (SSSR count). The van der Waals surface area contributed by atoms with Gasteiger partial charge in [0, 0.05) is 37.7 Å². The van der Waals surface area contributed by atoms with E-state index in [1.807, 2.05) is 4.90 Å². The van der Waals surface area contributed by atoms with Gasteiger partial charge in [-0.05, 0) is 72.8 Å². The normalized spacial score (nSPS) is 15.4. The highest BCUT2D eigenvalue weighted by Gasteiger charge is 2.23. The maximum absolute atomic E-state index is 13.6. The number of aryl methyl sites for hydroxylation is 1. The zero-order chi connectivity index (χ0) is 25.3. The second-order valence-corrected chi connectivity index (χ2v) is 9.50. The van der Waals surface area contributed by atoms with Crippen molar-refractivity contribution in [3.8, 4) is 0 Å². The van der Waals surface area contributed by atoms with Crippen LogP contribution in [0.3, 0.4) is 0 Å². The SMILES string of the molecule is CCc1ccc(CN2CCCCCCCN(C(=O)c3cccnc3)c3ccc(C(=O)O)cc3C2)cc1. The van der Waals surface area contributed by atoms with Crippen molar-refractivity contribution in [2.24, 2.45) is 0 Å². The van der Waals surface area contributed by atoms with Gasteiger partial charge in [-0.25, -0.2) is 4.79 Å². The molecule has 2 heterocycles. The molecule has 1 aliphatic rings. The van der Waals surface area contributed by atoms with Crippen LogP contribution in [0.4, 0.5) is 5.69 Å². The molecule has 0 aliphatic carbocycles. The molecule has 0 fully saturated rings. The molecule has 188 valence electrons. The van der Waals surface area contributed by atoms with E-state index in [4.69, 9.17) is 0 Å². The zero-order valence-electron chi connectivity index (χ0n) is 21.0. The monoisotopic (exact) mass is 485 g/mol. The number of pyridine rings is 1. The van der Waals surface area contributed by atoms with Gasteiger partial charge in [0.25, 0.3) is 5.91 Å². The Morgan fingerprint density at radius 2 is 1.61 bits per heavy atom. The molecule has 1 amide bonds. The van der Waals surface area contributed by atoms with Gasteiger partial charge < -0.3 is 10.0 Å². The molecule has 0 bridgehead atoms. The van der Waals surface area contributed by atoms with E-state index in [0.29, 0.717) is 18.7 Å². The second kappa shape index (κ2) is 12.5. The summed E-state index contributed by atoms with van der Waals surface area (Å²) in [6, 6.07) is 17.4. The molecule has 1 aromatic heterocycles. The van der Waals surface area contributed by atoms with E-state index in [1.165, 1.54) is 11.1 Å². The molecule has 0 spiro atoms. The standard InChI is InChI=1S/C30H35N3O3/c1-2-23-10-12-24(13-11-23)21-32-17-6-4-3-5-7-18-33(29(34)26-9-8-16-31-20-26)28-15-14-25(30(35)36)19-27(28)22-32/h8-16,19-20H,2-7,17-18,21-22H2,1H3,(H,35,36). The van der Waals surface area contributed by atoms with Crippen LogP contribution in [0.5, 0.6) is 0 Å². The molecule has 0 atom stereocenters. The van der Waals surface area contributed by atoms with Gasteiger partial charge in [-0.1, -0.05) is 50.5 Å². The summed E-state index contributed by atoms with van der Waals surface area (Å²) >= 11 is 0. The van der Waals surface area contributed by atoms with Crippen LogP contribution in [0.1, 0.15) is 76.4 Å². The molecule has 0 unspecified atom stereocenters. The average Bonchev–Trinajstić information content (AvgIpc) is 2.90. The number of nitrogens with zero attached hydrogens (tertiary/aromatic N) is 3. The summed E-state index contributed by atoms with van der Waals surface area (Å²) in [5.41, 5.74) is 4.96. The maximum Gasteiger partial charge on any atom is 0.335 e. The van der Waals surface area contributed by atoms with Crippen LogP contribution in [0.2, 0.25) is 0 Å². The highest BCUT2D eigenvalue weighted by atomic mass is 16.4. The fraction of sp³-hybridized carbons (Fsp3) is 0.367. The van der Waals surface area contributed by atoms with Crippen molar-refractivity contribution >= 4 is 17.6 Å². The van der Waals surface area contributed by atoms with E-state index < -0.39 is 5.97 Å². The minimum atomic E-state index is -0.962. The highest BCUT2D eigenvalue weighted by Crippen LogP contribution is 2.28. The third kappa shape index (κ3) is 6.58. The van der Waals surface area contributed by atoms with Crippen LogP contribution >= 0.6 is 0 Å². The Bertz CT molecular complexity index is 1160. The largest absolute Gasteiger partial charge is 0.478 e. The summed E-state index contributed by atoms with van der Waals surface area (Å²) in [6.07, 6.45) is 9.59. The summed E-state index contributed by atoms with van der Waals surface area (Å²) in [6.45, 7) is 5.01. The van der Waals surface area contributed by atoms with Crippen molar-refractivity contribution in [1.82, 2.24) is 9.88 Å². The van der Waals surface area contributed by atoms with Crippen molar-refractivity contribution < 1.29 is 14.7 Å². The van der Waals surface area contributed by atoms with Gasteiger partial charge >= 0.3 is 5.97 Å². The Kier molecular flexibility index (Phi) is 8.85. The Morgan fingerprint density at radius 3 is 2.31 bits per heavy atom. The molecule has 1 N–H and O–H groups in total. The first-order valence-corrected chi connectivity index (χ1v) is 12.9. The summed E-state index contributed by atoms with van der Waals surface area (Å²) < 4.78 is 0. The fourth-order valence-corrected chi connectivity index (χ4v) is 4.81. The third-order valence-corrected chi connectivity index (χ3v) is 6.86. The van der Waals surface area contributed by atoms with E-state index in [0.717, 1.165) is 62.9 Å². The van der Waals surface area contributed by atoms with Crippen LogP contribution in [0, 0.1) is 0 Å². The molecule has 6 nitrogen and oxygen atoms in total. The number of aromatic nitrogens is 1. The van der Waals surface area contributed by atoms with Crippen LogP contribution in [0.25, 0.3) is 0 Å². The quantitative estimate of drug-likeness (QED) is 0.483. The lowest BCUT2D eigenvalue weighted by Crippen LogP contribution is -2.34. The fourth-order valence-electron chi connectivity index (χ4n) is 4.81. The number of carbonyl (C=O) groups is 2. The topological polar surface area (TPSA) is 73.7 Å². The van der Waals surface area contributed by atoms with Crippen LogP contribution < -0.4 is 4.90 Å². The number of fused-ring (bicyclic) bond motifs is 1. The third-order valence-electron chi connectivity index (χ3n) is 6.86. The van der Waals surface area contributed by atoms with E-state index in [9.17, 15) is 14.7 Å². The molecule has 6 heteroatoms. The summed E-state index contributed by atoms with van der Waals surface area (Å²) in [5, 5.41) is 9.70. The molecule has 0 radical (unpaired) electrons. The van der Waals surface area contributed by atoms with Crippen molar-refractivity contribution in [2.45, 2.75) is 58.5 Å². The summed E-state index contributed by atoms with van der Waals surface area (Å²) in [5.74, 6) is -1.07. The van der Waals surface area contributed by atoms with Crippen molar-refractivity contribution in [3.63, 3.8) is 0 Å². The second-order valence-electron chi connectivity index (χ2n) is 9.50.